The van der Waals surface area contributed by atoms with Gasteiger partial charge in [-0.05, 0) is 48.7 Å². The van der Waals surface area contributed by atoms with Crippen LogP contribution in [0.4, 0.5) is 8.78 Å². The van der Waals surface area contributed by atoms with Crippen LogP contribution >= 0.6 is 0 Å². The average Bonchev–Trinajstić information content (AvgIpc) is 3.20. The second kappa shape index (κ2) is 7.93. The van der Waals surface area contributed by atoms with Crippen LogP contribution in [0.15, 0.2) is 52.5 Å². The maximum absolute atomic E-state index is 13.1. The van der Waals surface area contributed by atoms with Gasteiger partial charge in [0.25, 0.3) is 5.91 Å². The summed E-state index contributed by atoms with van der Waals surface area (Å²) in [6, 6.07) is 8.87. The molecule has 1 aliphatic rings. The van der Waals surface area contributed by atoms with Crippen molar-refractivity contribution in [3.8, 4) is 0 Å². The summed E-state index contributed by atoms with van der Waals surface area (Å²) in [4.78, 5) is 12.2. The Morgan fingerprint density at radius 2 is 1.81 bits per heavy atom. The first-order valence-corrected chi connectivity index (χ1v) is 9.70. The molecule has 1 aliphatic heterocycles. The minimum atomic E-state index is -3.63. The monoisotopic (exact) mass is 393 g/mol. The minimum Gasteiger partial charge on any atom is -0.267 e. The van der Waals surface area contributed by atoms with Crippen molar-refractivity contribution in [2.75, 3.05) is 13.1 Å². The third kappa shape index (κ3) is 4.37. The highest BCUT2D eigenvalue weighted by atomic mass is 32.2. The Labute approximate surface area is 155 Å². The Morgan fingerprint density at radius 3 is 2.52 bits per heavy atom. The molecule has 0 atom stereocenters. The zero-order valence-corrected chi connectivity index (χ0v) is 15.0. The maximum atomic E-state index is 13.1. The number of hydrogen-bond acceptors (Lipinski definition) is 4. The van der Waals surface area contributed by atoms with Gasteiger partial charge in [-0.15, -0.1) is 0 Å². The first kappa shape index (κ1) is 19.1. The lowest BCUT2D eigenvalue weighted by Crippen LogP contribution is -2.28. The van der Waals surface area contributed by atoms with E-state index in [1.54, 1.807) is 0 Å². The number of halogens is 2. The standard InChI is InChI=1S/C18H17F2N3O3S/c19-16-7-6-13(10-17(16)20)12-21-22-18(24)14-4-3-5-15(11-14)27(25,26)23-8-1-2-9-23/h3-7,10-12H,1-2,8-9H2,(H,22,24)/b21-12+. The Kier molecular flexibility index (Phi) is 5.62. The van der Waals surface area contributed by atoms with E-state index in [9.17, 15) is 22.0 Å². The van der Waals surface area contributed by atoms with E-state index in [-0.39, 0.29) is 16.0 Å². The number of nitrogens with one attached hydrogen (secondary N) is 1. The average molecular weight is 393 g/mol. The Bertz CT molecular complexity index is 987. The van der Waals surface area contributed by atoms with Crippen molar-refractivity contribution in [1.82, 2.24) is 9.73 Å². The highest BCUT2D eigenvalue weighted by Gasteiger charge is 2.27. The Hall–Kier alpha value is -2.65. The van der Waals surface area contributed by atoms with Crippen LogP contribution in [0.25, 0.3) is 0 Å². The van der Waals surface area contributed by atoms with Crippen LogP contribution < -0.4 is 5.43 Å². The van der Waals surface area contributed by atoms with E-state index < -0.39 is 27.6 Å². The van der Waals surface area contributed by atoms with Gasteiger partial charge >= 0.3 is 0 Å². The van der Waals surface area contributed by atoms with Crippen molar-refractivity contribution in [3.05, 3.63) is 65.2 Å². The van der Waals surface area contributed by atoms with Crippen LogP contribution in [-0.2, 0) is 10.0 Å². The van der Waals surface area contributed by atoms with E-state index in [1.807, 2.05) is 0 Å². The van der Waals surface area contributed by atoms with Crippen molar-refractivity contribution >= 4 is 22.1 Å². The van der Waals surface area contributed by atoms with E-state index >= 15 is 0 Å². The van der Waals surface area contributed by atoms with Crippen LogP contribution in [0.2, 0.25) is 0 Å². The van der Waals surface area contributed by atoms with Crippen LogP contribution in [0.5, 0.6) is 0 Å². The van der Waals surface area contributed by atoms with E-state index in [1.165, 1.54) is 34.6 Å². The molecule has 27 heavy (non-hydrogen) atoms. The van der Waals surface area contributed by atoms with Crippen molar-refractivity contribution < 1.29 is 22.0 Å². The van der Waals surface area contributed by atoms with Crippen LogP contribution in [-0.4, -0.2) is 37.9 Å². The molecule has 0 unspecified atom stereocenters. The number of sulfonamides is 1. The quantitative estimate of drug-likeness (QED) is 0.626. The smallest absolute Gasteiger partial charge is 0.267 e. The van der Waals surface area contributed by atoms with Crippen molar-refractivity contribution in [1.29, 1.82) is 0 Å². The van der Waals surface area contributed by atoms with Gasteiger partial charge in [0.1, 0.15) is 0 Å². The molecule has 0 saturated carbocycles. The van der Waals surface area contributed by atoms with Gasteiger partial charge < -0.3 is 0 Å². The van der Waals surface area contributed by atoms with Gasteiger partial charge in [-0.1, -0.05) is 12.1 Å². The molecule has 2 aromatic carbocycles. The lowest BCUT2D eigenvalue weighted by atomic mass is 10.2. The van der Waals surface area contributed by atoms with Gasteiger partial charge in [0.2, 0.25) is 10.0 Å². The largest absolute Gasteiger partial charge is 0.271 e. The minimum absolute atomic E-state index is 0.0432. The molecule has 0 bridgehead atoms. The molecule has 9 heteroatoms. The maximum Gasteiger partial charge on any atom is 0.271 e. The zero-order valence-electron chi connectivity index (χ0n) is 14.2. The summed E-state index contributed by atoms with van der Waals surface area (Å²) in [5.41, 5.74) is 2.62. The molecule has 142 valence electrons. The van der Waals surface area contributed by atoms with Gasteiger partial charge in [-0.2, -0.15) is 9.41 Å². The van der Waals surface area contributed by atoms with E-state index in [0.717, 1.165) is 31.2 Å². The number of hydrogen-bond donors (Lipinski definition) is 1. The van der Waals surface area contributed by atoms with Gasteiger partial charge in [0.15, 0.2) is 11.6 Å². The normalized spacial score (nSPS) is 15.3. The van der Waals surface area contributed by atoms with Crippen LogP contribution in [0.1, 0.15) is 28.8 Å². The van der Waals surface area contributed by atoms with Crippen LogP contribution in [0, 0.1) is 11.6 Å². The molecule has 1 heterocycles. The molecule has 0 radical (unpaired) electrons. The summed E-state index contributed by atoms with van der Waals surface area (Å²) in [5, 5.41) is 3.68. The zero-order chi connectivity index (χ0) is 19.4. The number of carbonyl (C=O) groups excluding carboxylic acids is 1. The molecule has 6 nitrogen and oxygen atoms in total. The number of benzene rings is 2. The summed E-state index contributed by atoms with van der Waals surface area (Å²) in [6.45, 7) is 0.939. The summed E-state index contributed by atoms with van der Waals surface area (Å²) in [5.74, 6) is -2.62. The van der Waals surface area contributed by atoms with Crippen LogP contribution in [0.3, 0.4) is 0 Å². The predicted octanol–water partition coefficient (Wildman–Crippen LogP) is 2.51. The highest BCUT2D eigenvalue weighted by molar-refractivity contribution is 7.89. The molecule has 3 rings (SSSR count). The first-order chi connectivity index (χ1) is 12.9. The third-order valence-electron chi connectivity index (χ3n) is 4.12. The number of amides is 1. The summed E-state index contributed by atoms with van der Waals surface area (Å²) < 4.78 is 52.5. The molecule has 0 spiro atoms. The fourth-order valence-electron chi connectivity index (χ4n) is 2.70. The molecule has 1 N–H and O–H groups in total. The van der Waals surface area contributed by atoms with E-state index in [0.29, 0.717) is 13.1 Å². The molecular formula is C18H17F2N3O3S. The fraction of sp³-hybridized carbons (Fsp3) is 0.222. The number of nitrogens with zero attached hydrogens (tertiary/aromatic N) is 2. The third-order valence-corrected chi connectivity index (χ3v) is 6.02. The molecular weight excluding hydrogens is 376 g/mol. The van der Waals surface area contributed by atoms with E-state index in [2.05, 4.69) is 10.5 Å². The summed E-state index contributed by atoms with van der Waals surface area (Å²) in [7, 11) is -3.63. The number of carbonyl (C=O) groups is 1. The number of rotatable bonds is 5. The van der Waals surface area contributed by atoms with Crippen molar-refractivity contribution in [2.45, 2.75) is 17.7 Å². The lowest BCUT2D eigenvalue weighted by Gasteiger charge is -2.15. The first-order valence-electron chi connectivity index (χ1n) is 8.26. The summed E-state index contributed by atoms with van der Waals surface area (Å²) >= 11 is 0. The molecule has 1 amide bonds. The second-order valence-electron chi connectivity index (χ2n) is 6.01. The molecule has 1 fully saturated rings. The van der Waals surface area contributed by atoms with E-state index in [4.69, 9.17) is 0 Å². The molecule has 1 saturated heterocycles. The Morgan fingerprint density at radius 1 is 1.07 bits per heavy atom. The summed E-state index contributed by atoms with van der Waals surface area (Å²) in [6.07, 6.45) is 2.79. The van der Waals surface area contributed by atoms with Crippen molar-refractivity contribution in [3.63, 3.8) is 0 Å². The molecule has 2 aromatic rings. The lowest BCUT2D eigenvalue weighted by molar-refractivity contribution is 0.0955. The van der Waals surface area contributed by atoms with Gasteiger partial charge in [-0.25, -0.2) is 22.6 Å². The highest BCUT2D eigenvalue weighted by Crippen LogP contribution is 2.21. The second-order valence-corrected chi connectivity index (χ2v) is 7.95. The molecule has 0 aromatic heterocycles. The fourth-order valence-corrected chi connectivity index (χ4v) is 4.26. The van der Waals surface area contributed by atoms with Crippen molar-refractivity contribution in [2.24, 2.45) is 5.10 Å². The number of hydrazone groups is 1. The SMILES string of the molecule is O=C(N/N=C/c1ccc(F)c(F)c1)c1cccc(S(=O)(=O)N2CCCC2)c1. The van der Waals surface area contributed by atoms with Gasteiger partial charge in [0.05, 0.1) is 11.1 Å². The Balaban J connectivity index is 1.71. The van der Waals surface area contributed by atoms with Gasteiger partial charge in [-0.3, -0.25) is 4.79 Å². The predicted molar refractivity (Wildman–Crippen MR) is 95.9 cm³/mol. The topological polar surface area (TPSA) is 78.8 Å². The van der Waals surface area contributed by atoms with Gasteiger partial charge in [0, 0.05) is 18.7 Å². The molecule has 0 aliphatic carbocycles.